The van der Waals surface area contributed by atoms with Gasteiger partial charge in [-0.2, -0.15) is 0 Å². The van der Waals surface area contributed by atoms with Gasteiger partial charge in [0.2, 0.25) is 0 Å². The lowest BCUT2D eigenvalue weighted by Gasteiger charge is -2.67. The molecule has 3 aliphatic carbocycles. The standard InChI is InChI=1S/C45H55NO15/c1-8-9-20-56-41(54)46-33(27-16-12-10-13-17-27)34(50)40(53)59-29-22-45(55)38(60-39(52)28-18-14-11-15-19-28)36-43(7,30(49)21-31-44(36,23-57-31)61-26(4)48)37(51)35(58-25(3)47)32(24(29)2)42(45,5)6/h10-19,29-31,33-36,38,49-50,55H,8-9,20-23H2,1-7H3,(H,46,54)/t29?,30-,31+,33?,34?,35-,36?,38?,43+,44-,45+/m0/s1. The van der Waals surface area contributed by atoms with Crippen molar-refractivity contribution < 1.29 is 72.5 Å². The molecule has 4 aliphatic rings. The third kappa shape index (κ3) is 7.94. The SMILES string of the molecule is CCCCOC(=O)NC(c1ccccc1)C(O)C(=O)OC1C[C@@]2(O)C(OC(=O)c3ccccc3)C3[C@](C)(C(=O)[C@@H](OC(C)=O)C(=C1C)C2(C)C)[C@@H](O)C[C@H]1OC[C@@]31OC(C)=O. The van der Waals surface area contributed by atoms with Crippen molar-refractivity contribution in [2.75, 3.05) is 13.2 Å². The lowest BCUT2D eigenvalue weighted by Crippen LogP contribution is -2.82. The molecule has 2 bridgehead atoms. The summed E-state index contributed by atoms with van der Waals surface area (Å²) in [5.41, 5.74) is -7.32. The largest absolute Gasteiger partial charge is 0.456 e. The molecule has 1 aliphatic heterocycles. The topological polar surface area (TPSA) is 231 Å². The quantitative estimate of drug-likeness (QED) is 0.103. The van der Waals surface area contributed by atoms with E-state index in [1.807, 2.05) is 6.92 Å². The molecule has 2 aromatic rings. The van der Waals surface area contributed by atoms with Crippen LogP contribution in [0.25, 0.3) is 0 Å². The van der Waals surface area contributed by atoms with Gasteiger partial charge < -0.3 is 49.1 Å². The normalized spacial score (nSPS) is 32.2. The van der Waals surface area contributed by atoms with Gasteiger partial charge in [-0.3, -0.25) is 14.4 Å². The van der Waals surface area contributed by atoms with Gasteiger partial charge >= 0.3 is 30.0 Å². The number of fused-ring (bicyclic) bond motifs is 5. The van der Waals surface area contributed by atoms with Gasteiger partial charge in [-0.15, -0.1) is 0 Å². The Bertz CT molecular complexity index is 2050. The molecule has 11 atom stereocenters. The number of ether oxygens (including phenoxy) is 6. The molecule has 16 heteroatoms. The Kier molecular flexibility index (Phi) is 12.9. The number of hydrogen-bond acceptors (Lipinski definition) is 15. The summed E-state index contributed by atoms with van der Waals surface area (Å²) >= 11 is 0. The van der Waals surface area contributed by atoms with Crippen LogP contribution < -0.4 is 5.32 Å². The molecule has 2 aromatic carbocycles. The van der Waals surface area contributed by atoms with Crippen LogP contribution in [0.2, 0.25) is 0 Å². The molecule has 16 nitrogen and oxygen atoms in total. The maximum atomic E-state index is 15.4. The Hall–Kier alpha value is -5.16. The number of nitrogens with one attached hydrogen (secondary N) is 1. The summed E-state index contributed by atoms with van der Waals surface area (Å²) in [6.07, 6.45) is -10.1. The number of rotatable bonds is 12. The molecular weight excluding hydrogens is 794 g/mol. The Labute approximate surface area is 353 Å². The minimum Gasteiger partial charge on any atom is -0.456 e. The van der Waals surface area contributed by atoms with Crippen LogP contribution in [-0.4, -0.2) is 112 Å². The van der Waals surface area contributed by atoms with Gasteiger partial charge in [-0.25, -0.2) is 14.4 Å². The maximum Gasteiger partial charge on any atom is 0.407 e. The molecule has 61 heavy (non-hydrogen) atoms. The fourth-order valence-corrected chi connectivity index (χ4v) is 9.85. The Morgan fingerprint density at radius 2 is 1.57 bits per heavy atom. The van der Waals surface area contributed by atoms with E-state index >= 15 is 4.79 Å². The second kappa shape index (κ2) is 17.3. The van der Waals surface area contributed by atoms with Crippen molar-refractivity contribution in [1.29, 1.82) is 0 Å². The minimum atomic E-state index is -2.39. The summed E-state index contributed by atoms with van der Waals surface area (Å²) in [7, 11) is 0. The highest BCUT2D eigenvalue weighted by Crippen LogP contribution is 2.64. The smallest absolute Gasteiger partial charge is 0.407 e. The number of hydrogen-bond donors (Lipinski definition) is 4. The van der Waals surface area contributed by atoms with E-state index in [0.29, 0.717) is 12.0 Å². The predicted molar refractivity (Wildman–Crippen MR) is 213 cm³/mol. The van der Waals surface area contributed by atoms with Crippen LogP contribution in [0.4, 0.5) is 4.79 Å². The summed E-state index contributed by atoms with van der Waals surface area (Å²) in [5, 5.41) is 39.9. The summed E-state index contributed by atoms with van der Waals surface area (Å²) in [4.78, 5) is 82.7. The number of alkyl carbamates (subject to hydrolysis) is 1. The van der Waals surface area contributed by atoms with E-state index in [9.17, 15) is 39.3 Å². The fraction of sp³-hybridized carbons (Fsp3) is 0.556. The van der Waals surface area contributed by atoms with Gasteiger partial charge in [-0.05, 0) is 49.1 Å². The molecule has 330 valence electrons. The number of ketones is 1. The first kappa shape index (κ1) is 45.4. The number of carbonyl (C=O) groups is 6. The molecule has 0 spiro atoms. The van der Waals surface area contributed by atoms with Crippen molar-refractivity contribution in [2.24, 2.45) is 16.7 Å². The van der Waals surface area contributed by atoms with E-state index in [0.717, 1.165) is 20.3 Å². The van der Waals surface area contributed by atoms with Gasteiger partial charge in [0.25, 0.3) is 0 Å². The van der Waals surface area contributed by atoms with E-state index < -0.39 is 113 Å². The van der Waals surface area contributed by atoms with E-state index in [2.05, 4.69) is 5.32 Å². The zero-order valence-electron chi connectivity index (χ0n) is 35.4. The second-order valence-electron chi connectivity index (χ2n) is 17.1. The molecule has 6 rings (SSSR count). The van der Waals surface area contributed by atoms with Gasteiger partial charge in [0.15, 0.2) is 23.6 Å². The minimum absolute atomic E-state index is 0.00729. The summed E-state index contributed by atoms with van der Waals surface area (Å²) in [6, 6.07) is 14.6. The molecule has 3 fully saturated rings. The first-order valence-electron chi connectivity index (χ1n) is 20.5. The highest BCUT2D eigenvalue weighted by atomic mass is 16.6. The van der Waals surface area contributed by atoms with Crippen molar-refractivity contribution in [3.63, 3.8) is 0 Å². The summed E-state index contributed by atoms with van der Waals surface area (Å²) in [6.45, 7) is 9.95. The third-order valence-corrected chi connectivity index (χ3v) is 13.2. The number of benzene rings is 2. The molecule has 5 unspecified atom stereocenters. The first-order chi connectivity index (χ1) is 28.7. The van der Waals surface area contributed by atoms with Crippen LogP contribution in [0.5, 0.6) is 0 Å². The van der Waals surface area contributed by atoms with Crippen LogP contribution in [-0.2, 0) is 47.6 Å². The lowest BCUT2D eigenvalue weighted by atomic mass is 9.44. The summed E-state index contributed by atoms with van der Waals surface area (Å²) < 4.78 is 35.4. The van der Waals surface area contributed by atoms with E-state index in [4.69, 9.17) is 28.4 Å². The van der Waals surface area contributed by atoms with Crippen molar-refractivity contribution in [2.45, 2.75) is 128 Å². The van der Waals surface area contributed by atoms with Crippen molar-refractivity contribution in [1.82, 2.24) is 5.32 Å². The third-order valence-electron chi connectivity index (χ3n) is 13.2. The van der Waals surface area contributed by atoms with Gasteiger partial charge in [0.05, 0.1) is 42.3 Å². The number of amides is 1. The van der Waals surface area contributed by atoms with Gasteiger partial charge in [-0.1, -0.05) is 75.7 Å². The predicted octanol–water partition coefficient (Wildman–Crippen LogP) is 3.83. The maximum absolute atomic E-state index is 15.4. The molecule has 1 heterocycles. The van der Waals surface area contributed by atoms with E-state index in [-0.39, 0.29) is 36.3 Å². The van der Waals surface area contributed by atoms with Crippen molar-refractivity contribution in [3.8, 4) is 0 Å². The number of Topliss-reactive ketones (excluding diaryl/α,β-unsaturated/α-hetero) is 1. The first-order valence-corrected chi connectivity index (χ1v) is 20.5. The Morgan fingerprint density at radius 1 is 0.934 bits per heavy atom. The lowest BCUT2D eigenvalue weighted by molar-refractivity contribution is -0.346. The van der Waals surface area contributed by atoms with Crippen LogP contribution in [0, 0.1) is 16.7 Å². The van der Waals surface area contributed by atoms with Crippen LogP contribution in [0.1, 0.15) is 96.1 Å². The van der Waals surface area contributed by atoms with Crippen LogP contribution in [0.3, 0.4) is 0 Å². The molecule has 0 radical (unpaired) electrons. The fourth-order valence-electron chi connectivity index (χ4n) is 9.85. The van der Waals surface area contributed by atoms with Crippen LogP contribution >= 0.6 is 0 Å². The average molecular weight is 850 g/mol. The van der Waals surface area contributed by atoms with Gasteiger partial charge in [0.1, 0.15) is 23.9 Å². The Morgan fingerprint density at radius 3 is 2.15 bits per heavy atom. The monoisotopic (exact) mass is 849 g/mol. The number of aliphatic hydroxyl groups is 3. The Balaban J connectivity index is 1.52. The number of esters is 4. The zero-order valence-corrected chi connectivity index (χ0v) is 35.4. The zero-order chi connectivity index (χ0) is 44.7. The van der Waals surface area contributed by atoms with Crippen LogP contribution in [0.15, 0.2) is 71.8 Å². The molecule has 1 saturated heterocycles. The molecule has 4 N–H and O–H groups in total. The average Bonchev–Trinajstić information content (AvgIpc) is 3.21. The second-order valence-corrected chi connectivity index (χ2v) is 17.1. The highest BCUT2D eigenvalue weighted by Gasteiger charge is 2.78. The molecule has 0 aromatic heterocycles. The van der Waals surface area contributed by atoms with E-state index in [1.54, 1.807) is 62.4 Å². The summed E-state index contributed by atoms with van der Waals surface area (Å²) in [5.74, 6) is -6.27. The number of aliphatic hydroxyl groups excluding tert-OH is 2. The molecular formula is C45H55NO15. The van der Waals surface area contributed by atoms with Crippen molar-refractivity contribution >= 4 is 35.8 Å². The number of carbonyl (C=O) groups excluding carboxylic acids is 6. The number of unbranched alkanes of at least 4 members (excludes halogenated alkanes) is 1. The van der Waals surface area contributed by atoms with Gasteiger partial charge in [0, 0.05) is 32.1 Å². The molecule has 2 saturated carbocycles. The van der Waals surface area contributed by atoms with E-state index in [1.165, 1.54) is 26.0 Å². The highest BCUT2D eigenvalue weighted by molar-refractivity contribution is 5.95. The van der Waals surface area contributed by atoms with Crippen molar-refractivity contribution in [3.05, 3.63) is 82.9 Å². The molecule has 1 amide bonds.